The summed E-state index contributed by atoms with van der Waals surface area (Å²) in [5, 5.41) is 12.7. The lowest BCUT2D eigenvalue weighted by Gasteiger charge is -2.15. The molecule has 0 aliphatic carbocycles. The zero-order chi connectivity index (χ0) is 22.2. The molecule has 0 saturated heterocycles. The maximum absolute atomic E-state index is 11.8. The van der Waals surface area contributed by atoms with Gasteiger partial charge < -0.3 is 15.2 Å². The van der Waals surface area contributed by atoms with E-state index in [4.69, 9.17) is 4.74 Å². The van der Waals surface area contributed by atoms with Gasteiger partial charge in [0.1, 0.15) is 30.5 Å². The summed E-state index contributed by atoms with van der Waals surface area (Å²) in [6.45, 7) is 0.473. The molecule has 0 bridgehead atoms. The molecule has 0 spiro atoms. The highest BCUT2D eigenvalue weighted by atomic mass is 16.5. The van der Waals surface area contributed by atoms with Crippen LogP contribution in [0.1, 0.15) is 11.1 Å². The fourth-order valence-electron chi connectivity index (χ4n) is 3.31. The number of aliphatic carboxylic acids is 1. The topological polar surface area (TPSA) is 84.3 Å². The number of carboxylic acids is 1. The Hall–Kier alpha value is -4.19. The minimum absolute atomic E-state index is 0.346. The van der Waals surface area contributed by atoms with Crippen LogP contribution < -0.4 is 10.1 Å². The van der Waals surface area contributed by atoms with Gasteiger partial charge in [-0.15, -0.1) is 0 Å². The Bertz CT molecular complexity index is 1170. The average molecular weight is 425 g/mol. The molecule has 0 aliphatic heterocycles. The predicted octanol–water partition coefficient (Wildman–Crippen LogP) is 4.83. The van der Waals surface area contributed by atoms with E-state index in [9.17, 15) is 9.90 Å². The third-order valence-corrected chi connectivity index (χ3v) is 4.95. The van der Waals surface area contributed by atoms with Gasteiger partial charge in [-0.3, -0.25) is 0 Å². The number of ether oxygens (including phenoxy) is 1. The van der Waals surface area contributed by atoms with Crippen molar-refractivity contribution in [2.75, 3.05) is 5.32 Å². The maximum atomic E-state index is 11.8. The number of nitrogens with one attached hydrogen (secondary N) is 1. The summed E-state index contributed by atoms with van der Waals surface area (Å²) in [7, 11) is 0. The average Bonchev–Trinajstić information content (AvgIpc) is 2.84. The molecule has 3 aromatic carbocycles. The second kappa shape index (κ2) is 10.2. The van der Waals surface area contributed by atoms with Crippen LogP contribution in [0.4, 0.5) is 5.82 Å². The Balaban J connectivity index is 1.48. The van der Waals surface area contributed by atoms with E-state index in [1.165, 1.54) is 6.33 Å². The number of benzene rings is 3. The molecule has 6 nitrogen and oxygen atoms in total. The zero-order valence-electron chi connectivity index (χ0n) is 17.4. The first-order valence-corrected chi connectivity index (χ1v) is 10.3. The molecule has 1 heterocycles. The second-order valence-corrected chi connectivity index (χ2v) is 7.32. The van der Waals surface area contributed by atoms with Crippen LogP contribution in [0.2, 0.25) is 0 Å². The molecule has 0 saturated carbocycles. The van der Waals surface area contributed by atoms with Gasteiger partial charge in [-0.1, -0.05) is 72.8 Å². The quantitative estimate of drug-likeness (QED) is 0.400. The molecule has 2 N–H and O–H groups in total. The highest BCUT2D eigenvalue weighted by Crippen LogP contribution is 2.24. The van der Waals surface area contributed by atoms with Crippen molar-refractivity contribution in [2.45, 2.75) is 19.1 Å². The van der Waals surface area contributed by atoms with Gasteiger partial charge in [0.25, 0.3) is 0 Å². The van der Waals surface area contributed by atoms with Crippen LogP contribution in [0.25, 0.3) is 11.3 Å². The molecule has 160 valence electrons. The van der Waals surface area contributed by atoms with Gasteiger partial charge in [0, 0.05) is 18.1 Å². The Morgan fingerprint density at radius 3 is 2.31 bits per heavy atom. The van der Waals surface area contributed by atoms with Gasteiger partial charge in [-0.05, 0) is 23.3 Å². The molecule has 6 heteroatoms. The summed E-state index contributed by atoms with van der Waals surface area (Å²) in [6, 6.07) is 28.0. The smallest absolute Gasteiger partial charge is 0.326 e. The van der Waals surface area contributed by atoms with Crippen LogP contribution in [0, 0.1) is 0 Å². The van der Waals surface area contributed by atoms with Crippen molar-refractivity contribution in [3.8, 4) is 17.0 Å². The van der Waals surface area contributed by atoms with Gasteiger partial charge in [-0.2, -0.15) is 0 Å². The zero-order valence-corrected chi connectivity index (χ0v) is 17.4. The van der Waals surface area contributed by atoms with Crippen LogP contribution in [-0.2, 0) is 17.8 Å². The summed E-state index contributed by atoms with van der Waals surface area (Å²) in [5.41, 5.74) is 3.56. The molecule has 0 radical (unpaired) electrons. The lowest BCUT2D eigenvalue weighted by molar-refractivity contribution is -0.137. The summed E-state index contributed by atoms with van der Waals surface area (Å²) < 4.78 is 5.91. The van der Waals surface area contributed by atoms with Crippen molar-refractivity contribution in [1.29, 1.82) is 0 Å². The SMILES string of the molecule is O=C(O)C(Cc1ccccc1)Nc1cc(-c2cccc(OCc3ccccc3)c2)ncn1. The number of nitrogens with zero attached hydrogens (tertiary/aromatic N) is 2. The monoisotopic (exact) mass is 425 g/mol. The molecule has 4 aromatic rings. The van der Waals surface area contributed by atoms with Gasteiger partial charge in [-0.25, -0.2) is 14.8 Å². The summed E-state index contributed by atoms with van der Waals surface area (Å²) in [6.07, 6.45) is 1.77. The van der Waals surface area contributed by atoms with Crippen molar-refractivity contribution in [3.05, 3.63) is 108 Å². The van der Waals surface area contributed by atoms with Crippen molar-refractivity contribution in [2.24, 2.45) is 0 Å². The van der Waals surface area contributed by atoms with E-state index in [0.717, 1.165) is 22.4 Å². The van der Waals surface area contributed by atoms with E-state index < -0.39 is 12.0 Å². The van der Waals surface area contributed by atoms with E-state index in [2.05, 4.69) is 15.3 Å². The molecular weight excluding hydrogens is 402 g/mol. The second-order valence-electron chi connectivity index (χ2n) is 7.32. The largest absolute Gasteiger partial charge is 0.489 e. The highest BCUT2D eigenvalue weighted by Gasteiger charge is 2.18. The van der Waals surface area contributed by atoms with Crippen LogP contribution in [0.15, 0.2) is 97.3 Å². The number of rotatable bonds is 9. The van der Waals surface area contributed by atoms with Crippen LogP contribution in [-0.4, -0.2) is 27.1 Å². The summed E-state index contributed by atoms with van der Waals surface area (Å²) >= 11 is 0. The molecule has 4 rings (SSSR count). The fraction of sp³-hybridized carbons (Fsp3) is 0.115. The number of hydrogen-bond donors (Lipinski definition) is 2. The summed E-state index contributed by atoms with van der Waals surface area (Å²) in [5.74, 6) is 0.242. The lowest BCUT2D eigenvalue weighted by atomic mass is 10.1. The first kappa shape index (κ1) is 21.1. The molecule has 32 heavy (non-hydrogen) atoms. The highest BCUT2D eigenvalue weighted by molar-refractivity contribution is 5.77. The third-order valence-electron chi connectivity index (χ3n) is 4.95. The van der Waals surface area contributed by atoms with E-state index in [1.54, 1.807) is 6.07 Å². The van der Waals surface area contributed by atoms with Crippen LogP contribution >= 0.6 is 0 Å². The van der Waals surface area contributed by atoms with Crippen molar-refractivity contribution in [3.63, 3.8) is 0 Å². The predicted molar refractivity (Wildman–Crippen MR) is 123 cm³/mol. The molecule has 1 unspecified atom stereocenters. The Morgan fingerprint density at radius 2 is 1.59 bits per heavy atom. The Labute approximate surface area is 186 Å². The Morgan fingerprint density at radius 1 is 0.875 bits per heavy atom. The van der Waals surface area contributed by atoms with E-state index in [1.807, 2.05) is 84.9 Å². The molecule has 0 aliphatic rings. The normalized spacial score (nSPS) is 11.5. The first-order chi connectivity index (χ1) is 15.7. The Kier molecular flexibility index (Phi) is 6.72. The van der Waals surface area contributed by atoms with Crippen molar-refractivity contribution < 1.29 is 14.6 Å². The van der Waals surface area contributed by atoms with Gasteiger partial charge in [0.15, 0.2) is 0 Å². The molecule has 1 atom stereocenters. The van der Waals surface area contributed by atoms with Gasteiger partial charge in [0.05, 0.1) is 5.69 Å². The van der Waals surface area contributed by atoms with Crippen molar-refractivity contribution in [1.82, 2.24) is 9.97 Å². The minimum Gasteiger partial charge on any atom is -0.489 e. The maximum Gasteiger partial charge on any atom is 0.326 e. The number of hydrogen-bond acceptors (Lipinski definition) is 5. The standard InChI is InChI=1S/C26H23N3O3/c30-26(31)24(14-19-8-3-1-4-9-19)29-25-16-23(27-18-28-25)21-12-7-13-22(15-21)32-17-20-10-5-2-6-11-20/h1-13,15-16,18,24H,14,17H2,(H,30,31)(H,27,28,29). The van der Waals surface area contributed by atoms with E-state index in [0.29, 0.717) is 24.5 Å². The van der Waals surface area contributed by atoms with Gasteiger partial charge >= 0.3 is 5.97 Å². The lowest BCUT2D eigenvalue weighted by Crippen LogP contribution is -2.31. The first-order valence-electron chi connectivity index (χ1n) is 10.3. The van der Waals surface area contributed by atoms with Crippen LogP contribution in [0.5, 0.6) is 5.75 Å². The van der Waals surface area contributed by atoms with Gasteiger partial charge in [0.2, 0.25) is 0 Å². The molecular formula is C26H23N3O3. The third kappa shape index (κ3) is 5.70. The number of anilines is 1. The number of carbonyl (C=O) groups is 1. The summed E-state index contributed by atoms with van der Waals surface area (Å²) in [4.78, 5) is 20.3. The van der Waals surface area contributed by atoms with Crippen LogP contribution in [0.3, 0.4) is 0 Å². The van der Waals surface area contributed by atoms with Crippen molar-refractivity contribution >= 4 is 11.8 Å². The fourth-order valence-corrected chi connectivity index (χ4v) is 3.31. The molecule has 0 amide bonds. The van der Waals surface area contributed by atoms with E-state index in [-0.39, 0.29) is 0 Å². The minimum atomic E-state index is -0.940. The number of carboxylic acid groups (broad SMARTS) is 1. The number of aromatic nitrogens is 2. The van der Waals surface area contributed by atoms with E-state index >= 15 is 0 Å². The molecule has 1 aromatic heterocycles. The molecule has 0 fully saturated rings.